The van der Waals surface area contributed by atoms with Gasteiger partial charge in [0.2, 0.25) is 0 Å². The molecule has 0 amide bonds. The van der Waals surface area contributed by atoms with Crippen LogP contribution < -0.4 is 10.6 Å². The Bertz CT molecular complexity index is 572. The second-order valence-electron chi connectivity index (χ2n) is 4.11. The molecule has 2 N–H and O–H groups in total. The summed E-state index contributed by atoms with van der Waals surface area (Å²) in [5.41, 5.74) is 6.00. The first-order valence-corrected chi connectivity index (χ1v) is 8.67. The summed E-state index contributed by atoms with van der Waals surface area (Å²) in [5.74, 6) is -0.229. The lowest BCUT2D eigenvalue weighted by Gasteiger charge is -2.20. The average molecular weight is 304 g/mol. The molecule has 0 unspecified atom stereocenters. The predicted octanol–water partition coefficient (Wildman–Crippen LogP) is 2.17. The number of sulfone groups is 1. The second kappa shape index (κ2) is 5.92. The Morgan fingerprint density at radius 3 is 2.16 bits per heavy atom. The van der Waals surface area contributed by atoms with Crippen molar-refractivity contribution in [1.82, 2.24) is 0 Å². The number of nitrogen functional groups attached to an aromatic ring is 1. The van der Waals surface area contributed by atoms with Crippen LogP contribution in [-0.2, 0) is 9.84 Å². The predicted molar refractivity (Wildman–Crippen MR) is 80.0 cm³/mol. The van der Waals surface area contributed by atoms with Gasteiger partial charge in [0.15, 0.2) is 15.6 Å². The lowest BCUT2D eigenvalue weighted by molar-refractivity contribution is 0.102. The molecule has 108 valence electrons. The van der Waals surface area contributed by atoms with E-state index in [-0.39, 0.29) is 22.1 Å². The number of thiophene rings is 1. The van der Waals surface area contributed by atoms with Gasteiger partial charge in [0.1, 0.15) is 9.90 Å². The summed E-state index contributed by atoms with van der Waals surface area (Å²) in [6, 6.07) is 0. The van der Waals surface area contributed by atoms with Gasteiger partial charge in [-0.3, -0.25) is 4.79 Å². The molecule has 1 rings (SSSR count). The van der Waals surface area contributed by atoms with Crippen molar-refractivity contribution in [2.45, 2.75) is 32.6 Å². The Hall–Kier alpha value is -1.08. The Labute approximate surface area is 118 Å². The van der Waals surface area contributed by atoms with Crippen molar-refractivity contribution in [2.75, 3.05) is 29.5 Å². The van der Waals surface area contributed by atoms with E-state index in [0.717, 1.165) is 0 Å². The van der Waals surface area contributed by atoms with Crippen LogP contribution in [0.4, 0.5) is 10.7 Å². The molecule has 0 fully saturated rings. The van der Waals surface area contributed by atoms with Gasteiger partial charge in [0.05, 0.1) is 16.3 Å². The number of hydrogen-bond acceptors (Lipinski definition) is 6. The monoisotopic (exact) mass is 304 g/mol. The lowest BCUT2D eigenvalue weighted by Crippen LogP contribution is -2.23. The molecule has 0 bridgehead atoms. The molecule has 1 heterocycles. The first-order chi connectivity index (χ1) is 8.80. The summed E-state index contributed by atoms with van der Waals surface area (Å²) in [4.78, 5) is 13.9. The highest BCUT2D eigenvalue weighted by atomic mass is 32.2. The summed E-state index contributed by atoms with van der Waals surface area (Å²) >= 11 is 1.17. The van der Waals surface area contributed by atoms with Crippen molar-refractivity contribution in [2.24, 2.45) is 0 Å². The molecule has 1 aromatic rings. The highest BCUT2D eigenvalue weighted by Crippen LogP contribution is 2.42. The molecule has 0 aliphatic rings. The Morgan fingerprint density at radius 2 is 1.79 bits per heavy atom. The molecule has 0 saturated carbocycles. The van der Waals surface area contributed by atoms with Crippen LogP contribution in [0, 0.1) is 0 Å². The van der Waals surface area contributed by atoms with E-state index in [4.69, 9.17) is 5.73 Å². The van der Waals surface area contributed by atoms with E-state index in [1.54, 1.807) is 6.92 Å². The van der Waals surface area contributed by atoms with Crippen molar-refractivity contribution in [1.29, 1.82) is 0 Å². The number of nitrogens with zero attached hydrogens (tertiary/aromatic N) is 1. The molecule has 7 heteroatoms. The van der Waals surface area contributed by atoms with Crippen molar-refractivity contribution in [3.8, 4) is 0 Å². The molecule has 0 radical (unpaired) electrons. The SMILES string of the molecule is CCN(CC)c1sc(C(C)=O)c(N)c1S(=O)(=O)CC. The van der Waals surface area contributed by atoms with Crippen LogP contribution in [0.25, 0.3) is 0 Å². The summed E-state index contributed by atoms with van der Waals surface area (Å²) in [7, 11) is -3.45. The van der Waals surface area contributed by atoms with Gasteiger partial charge in [0.25, 0.3) is 0 Å². The highest BCUT2D eigenvalue weighted by Gasteiger charge is 2.29. The molecule has 19 heavy (non-hydrogen) atoms. The Morgan fingerprint density at radius 1 is 1.26 bits per heavy atom. The first kappa shape index (κ1) is 16.0. The van der Waals surface area contributed by atoms with Gasteiger partial charge in [0, 0.05) is 20.0 Å². The van der Waals surface area contributed by atoms with Crippen LogP contribution in [0.5, 0.6) is 0 Å². The number of Topliss-reactive ketones (excluding diaryl/α,β-unsaturated/α-hetero) is 1. The number of hydrogen-bond donors (Lipinski definition) is 1. The third kappa shape index (κ3) is 2.92. The Kier molecular flexibility index (Phi) is 4.98. The van der Waals surface area contributed by atoms with Gasteiger partial charge in [-0.25, -0.2) is 8.42 Å². The molecule has 0 spiro atoms. The van der Waals surface area contributed by atoms with E-state index in [2.05, 4.69) is 0 Å². The standard InChI is InChI=1S/C12H20N2O3S2/c1-5-14(6-2)12-11(19(16,17)7-3)9(13)10(18-12)8(4)15/h5-7,13H2,1-4H3. The van der Waals surface area contributed by atoms with Crippen LogP contribution >= 0.6 is 11.3 Å². The second-order valence-corrected chi connectivity index (χ2v) is 7.33. The molecular formula is C12H20N2O3S2. The van der Waals surface area contributed by atoms with Gasteiger partial charge >= 0.3 is 0 Å². The van der Waals surface area contributed by atoms with E-state index in [0.29, 0.717) is 23.0 Å². The lowest BCUT2D eigenvalue weighted by atomic mass is 10.3. The third-order valence-corrected chi connectivity index (χ3v) is 6.24. The topological polar surface area (TPSA) is 80.5 Å². The molecule has 1 aromatic heterocycles. The first-order valence-electron chi connectivity index (χ1n) is 6.20. The summed E-state index contributed by atoms with van der Waals surface area (Å²) < 4.78 is 24.4. The van der Waals surface area contributed by atoms with E-state index < -0.39 is 9.84 Å². The fraction of sp³-hybridized carbons (Fsp3) is 0.583. The third-order valence-electron chi connectivity index (χ3n) is 2.94. The molecule has 0 aliphatic heterocycles. The van der Waals surface area contributed by atoms with Crippen LogP contribution in [0.1, 0.15) is 37.4 Å². The number of ketones is 1. The number of carbonyl (C=O) groups excluding carboxylic acids is 1. The summed E-state index contributed by atoms with van der Waals surface area (Å²) in [6.45, 7) is 8.19. The fourth-order valence-corrected chi connectivity index (χ4v) is 4.67. The summed E-state index contributed by atoms with van der Waals surface area (Å²) in [6.07, 6.45) is 0. The number of rotatable bonds is 6. The molecular weight excluding hydrogens is 284 g/mol. The molecule has 0 saturated heterocycles. The molecule has 5 nitrogen and oxygen atoms in total. The van der Waals surface area contributed by atoms with Crippen molar-refractivity contribution in [3.63, 3.8) is 0 Å². The van der Waals surface area contributed by atoms with E-state index in [1.807, 2.05) is 18.7 Å². The number of carbonyl (C=O) groups is 1. The highest BCUT2D eigenvalue weighted by molar-refractivity contribution is 7.92. The quantitative estimate of drug-likeness (QED) is 0.815. The van der Waals surface area contributed by atoms with E-state index in [1.165, 1.54) is 18.3 Å². The van der Waals surface area contributed by atoms with E-state index in [9.17, 15) is 13.2 Å². The maximum atomic E-state index is 12.2. The van der Waals surface area contributed by atoms with Crippen molar-refractivity contribution in [3.05, 3.63) is 4.88 Å². The van der Waals surface area contributed by atoms with Crippen LogP contribution in [-0.4, -0.2) is 33.0 Å². The van der Waals surface area contributed by atoms with Gasteiger partial charge < -0.3 is 10.6 Å². The minimum absolute atomic E-state index is 0.0282. The zero-order valence-corrected chi connectivity index (χ0v) is 13.3. The van der Waals surface area contributed by atoms with Crippen LogP contribution in [0.15, 0.2) is 4.90 Å². The molecule has 0 atom stereocenters. The molecule has 0 aliphatic carbocycles. The minimum Gasteiger partial charge on any atom is -0.396 e. The number of nitrogens with two attached hydrogens (primary N) is 1. The van der Waals surface area contributed by atoms with E-state index >= 15 is 0 Å². The smallest absolute Gasteiger partial charge is 0.183 e. The van der Waals surface area contributed by atoms with Gasteiger partial charge in [-0.15, -0.1) is 11.3 Å². The summed E-state index contributed by atoms with van der Waals surface area (Å²) in [5, 5.41) is 0.578. The minimum atomic E-state index is -3.45. The van der Waals surface area contributed by atoms with Gasteiger partial charge in [-0.05, 0) is 13.8 Å². The number of anilines is 2. The maximum Gasteiger partial charge on any atom is 0.183 e. The fourth-order valence-electron chi connectivity index (χ4n) is 1.84. The largest absolute Gasteiger partial charge is 0.396 e. The normalized spacial score (nSPS) is 11.6. The average Bonchev–Trinajstić information content (AvgIpc) is 2.69. The van der Waals surface area contributed by atoms with Gasteiger partial charge in [-0.2, -0.15) is 0 Å². The zero-order valence-electron chi connectivity index (χ0n) is 11.7. The van der Waals surface area contributed by atoms with Gasteiger partial charge in [-0.1, -0.05) is 6.92 Å². The molecule has 0 aromatic carbocycles. The van der Waals surface area contributed by atoms with Crippen LogP contribution in [0.2, 0.25) is 0 Å². The van der Waals surface area contributed by atoms with Crippen molar-refractivity contribution >= 4 is 37.6 Å². The van der Waals surface area contributed by atoms with Crippen LogP contribution in [0.3, 0.4) is 0 Å². The Balaban J connectivity index is 3.62. The van der Waals surface area contributed by atoms with Crippen molar-refractivity contribution < 1.29 is 13.2 Å². The maximum absolute atomic E-state index is 12.2. The zero-order chi connectivity index (χ0) is 14.8.